The first-order chi connectivity index (χ1) is 9.34. The standard InChI is InChI=1S/C15H12N2OS/c18-13-11-6-8-17(10-4-2-1-3-5-10)15(11)16-12-7-9-19-14(12)13/h1-5,7,9,11H,6,8H2. The van der Waals surface area contributed by atoms with Gasteiger partial charge in [0, 0.05) is 12.2 Å². The number of carbonyl (C=O) groups is 1. The normalized spacial score (nSPS) is 21.1. The van der Waals surface area contributed by atoms with Crippen molar-refractivity contribution in [3.63, 3.8) is 0 Å². The van der Waals surface area contributed by atoms with E-state index in [2.05, 4.69) is 17.0 Å². The monoisotopic (exact) mass is 268 g/mol. The Morgan fingerprint density at radius 1 is 1.21 bits per heavy atom. The summed E-state index contributed by atoms with van der Waals surface area (Å²) >= 11 is 1.50. The molecule has 1 unspecified atom stereocenters. The van der Waals surface area contributed by atoms with E-state index in [1.807, 2.05) is 29.6 Å². The van der Waals surface area contributed by atoms with Crippen LogP contribution in [0.25, 0.3) is 0 Å². The van der Waals surface area contributed by atoms with E-state index in [-0.39, 0.29) is 11.7 Å². The molecule has 94 valence electrons. The van der Waals surface area contributed by atoms with Crippen LogP contribution in [-0.4, -0.2) is 18.2 Å². The third-order valence-corrected chi connectivity index (χ3v) is 4.64. The molecule has 0 radical (unpaired) electrons. The Labute approximate surface area is 115 Å². The SMILES string of the molecule is O=C1c2sccc2N=C2C1CCN2c1ccccc1. The maximum absolute atomic E-state index is 12.4. The number of anilines is 1. The van der Waals surface area contributed by atoms with Gasteiger partial charge in [-0.05, 0) is 30.0 Å². The first-order valence-corrected chi connectivity index (χ1v) is 7.25. The molecule has 0 bridgehead atoms. The van der Waals surface area contributed by atoms with Gasteiger partial charge in [-0.15, -0.1) is 11.3 Å². The van der Waals surface area contributed by atoms with Gasteiger partial charge >= 0.3 is 0 Å². The zero-order valence-electron chi connectivity index (χ0n) is 10.2. The lowest BCUT2D eigenvalue weighted by molar-refractivity contribution is 0.0958. The van der Waals surface area contributed by atoms with E-state index in [0.29, 0.717) is 0 Å². The Hall–Kier alpha value is -1.94. The summed E-state index contributed by atoms with van der Waals surface area (Å²) < 4.78 is 0. The van der Waals surface area contributed by atoms with E-state index in [1.165, 1.54) is 11.3 Å². The summed E-state index contributed by atoms with van der Waals surface area (Å²) in [6.45, 7) is 0.869. The summed E-state index contributed by atoms with van der Waals surface area (Å²) in [5.74, 6) is 1.11. The molecule has 2 aromatic rings. The molecular formula is C15H12N2OS. The Morgan fingerprint density at radius 3 is 2.89 bits per heavy atom. The second-order valence-electron chi connectivity index (χ2n) is 4.80. The van der Waals surface area contributed by atoms with E-state index in [4.69, 9.17) is 4.99 Å². The molecular weight excluding hydrogens is 256 g/mol. The van der Waals surface area contributed by atoms with Gasteiger partial charge in [0.15, 0.2) is 5.78 Å². The van der Waals surface area contributed by atoms with Crippen molar-refractivity contribution >= 4 is 34.3 Å². The van der Waals surface area contributed by atoms with Crippen LogP contribution in [-0.2, 0) is 0 Å². The summed E-state index contributed by atoms with van der Waals surface area (Å²) in [5.41, 5.74) is 1.96. The zero-order chi connectivity index (χ0) is 12.8. The smallest absolute Gasteiger partial charge is 0.185 e. The number of nitrogens with zero attached hydrogens (tertiary/aromatic N) is 2. The molecule has 2 aliphatic heterocycles. The lowest BCUT2D eigenvalue weighted by atomic mass is 9.98. The van der Waals surface area contributed by atoms with Gasteiger partial charge in [-0.2, -0.15) is 0 Å². The molecule has 1 aromatic carbocycles. The molecule has 1 atom stereocenters. The van der Waals surface area contributed by atoms with Crippen LogP contribution >= 0.6 is 11.3 Å². The molecule has 0 aliphatic carbocycles. The van der Waals surface area contributed by atoms with Gasteiger partial charge in [-0.25, -0.2) is 4.99 Å². The van der Waals surface area contributed by atoms with Crippen LogP contribution in [0, 0.1) is 5.92 Å². The Kier molecular flexibility index (Phi) is 2.32. The molecule has 1 aromatic heterocycles. The number of hydrogen-bond acceptors (Lipinski definition) is 4. The molecule has 0 spiro atoms. The fourth-order valence-corrected chi connectivity index (χ4v) is 3.63. The molecule has 0 amide bonds. The number of hydrogen-bond donors (Lipinski definition) is 0. The quantitative estimate of drug-likeness (QED) is 0.793. The molecule has 0 saturated carbocycles. The number of amidine groups is 1. The number of carbonyl (C=O) groups excluding carboxylic acids is 1. The second kappa shape index (κ2) is 4.03. The van der Waals surface area contributed by atoms with Crippen molar-refractivity contribution in [2.75, 3.05) is 11.4 Å². The van der Waals surface area contributed by atoms with Crippen LogP contribution in [0.2, 0.25) is 0 Å². The number of thiophene rings is 1. The largest absolute Gasteiger partial charge is 0.329 e. The third kappa shape index (κ3) is 1.56. The van der Waals surface area contributed by atoms with E-state index in [1.54, 1.807) is 0 Å². The number of aliphatic imine (C=N–C) groups is 1. The number of ketones is 1. The van der Waals surface area contributed by atoms with Crippen LogP contribution in [0.4, 0.5) is 11.4 Å². The van der Waals surface area contributed by atoms with Crippen molar-refractivity contribution in [1.82, 2.24) is 0 Å². The fourth-order valence-electron chi connectivity index (χ4n) is 2.80. The van der Waals surface area contributed by atoms with Gasteiger partial charge in [0.2, 0.25) is 0 Å². The minimum absolute atomic E-state index is 0.0497. The highest BCUT2D eigenvalue weighted by Crippen LogP contribution is 2.38. The Morgan fingerprint density at radius 2 is 2.05 bits per heavy atom. The number of rotatable bonds is 1. The lowest BCUT2D eigenvalue weighted by Crippen LogP contribution is -2.32. The van der Waals surface area contributed by atoms with Crippen LogP contribution in [0.5, 0.6) is 0 Å². The molecule has 3 heterocycles. The van der Waals surface area contributed by atoms with Crippen molar-refractivity contribution in [3.05, 3.63) is 46.7 Å². The van der Waals surface area contributed by atoms with Crippen LogP contribution in [0.15, 0.2) is 46.8 Å². The molecule has 4 heteroatoms. The lowest BCUT2D eigenvalue weighted by Gasteiger charge is -2.23. The van der Waals surface area contributed by atoms with E-state index >= 15 is 0 Å². The summed E-state index contributed by atoms with van der Waals surface area (Å²) in [4.78, 5) is 20.1. The van der Waals surface area contributed by atoms with E-state index < -0.39 is 0 Å². The van der Waals surface area contributed by atoms with Gasteiger partial charge in [0.05, 0.1) is 16.5 Å². The molecule has 1 fully saturated rings. The second-order valence-corrected chi connectivity index (χ2v) is 5.71. The van der Waals surface area contributed by atoms with Crippen LogP contribution in [0.3, 0.4) is 0 Å². The van der Waals surface area contributed by atoms with Crippen molar-refractivity contribution < 1.29 is 4.79 Å². The van der Waals surface area contributed by atoms with Gasteiger partial charge in [0.1, 0.15) is 5.84 Å². The van der Waals surface area contributed by atoms with Gasteiger partial charge in [-0.3, -0.25) is 4.79 Å². The predicted molar refractivity (Wildman–Crippen MR) is 77.6 cm³/mol. The number of fused-ring (bicyclic) bond motifs is 2. The van der Waals surface area contributed by atoms with Crippen LogP contribution < -0.4 is 4.90 Å². The average Bonchev–Trinajstić information content (AvgIpc) is 3.07. The predicted octanol–water partition coefficient (Wildman–Crippen LogP) is 3.50. The van der Waals surface area contributed by atoms with Gasteiger partial charge in [0.25, 0.3) is 0 Å². The molecule has 2 aliphatic rings. The molecule has 1 saturated heterocycles. The molecule has 0 N–H and O–H groups in total. The first kappa shape index (κ1) is 10.9. The van der Waals surface area contributed by atoms with Crippen molar-refractivity contribution in [2.24, 2.45) is 10.9 Å². The number of benzene rings is 1. The van der Waals surface area contributed by atoms with Gasteiger partial charge < -0.3 is 4.90 Å². The number of para-hydroxylation sites is 1. The van der Waals surface area contributed by atoms with Crippen molar-refractivity contribution in [1.29, 1.82) is 0 Å². The first-order valence-electron chi connectivity index (χ1n) is 6.37. The summed E-state index contributed by atoms with van der Waals surface area (Å²) in [6, 6.07) is 12.1. The molecule has 3 nitrogen and oxygen atoms in total. The number of Topliss-reactive ketones (excluding diaryl/α,β-unsaturated/α-hetero) is 1. The minimum Gasteiger partial charge on any atom is -0.329 e. The van der Waals surface area contributed by atoms with Crippen molar-refractivity contribution in [2.45, 2.75) is 6.42 Å². The molecule has 4 rings (SSSR count). The highest BCUT2D eigenvalue weighted by molar-refractivity contribution is 7.12. The maximum Gasteiger partial charge on any atom is 0.185 e. The average molecular weight is 268 g/mol. The maximum atomic E-state index is 12.4. The Bertz CT molecular complexity index is 674. The highest BCUT2D eigenvalue weighted by Gasteiger charge is 2.40. The van der Waals surface area contributed by atoms with E-state index in [0.717, 1.165) is 35.1 Å². The Balaban J connectivity index is 1.82. The topological polar surface area (TPSA) is 32.7 Å². The zero-order valence-corrected chi connectivity index (χ0v) is 11.1. The van der Waals surface area contributed by atoms with Gasteiger partial charge in [-0.1, -0.05) is 18.2 Å². The summed E-state index contributed by atoms with van der Waals surface area (Å²) in [7, 11) is 0. The van der Waals surface area contributed by atoms with Crippen molar-refractivity contribution in [3.8, 4) is 0 Å². The minimum atomic E-state index is -0.0497. The third-order valence-electron chi connectivity index (χ3n) is 3.72. The summed E-state index contributed by atoms with van der Waals surface area (Å²) in [5, 5.41) is 1.94. The molecule has 19 heavy (non-hydrogen) atoms. The van der Waals surface area contributed by atoms with Crippen LogP contribution in [0.1, 0.15) is 16.1 Å². The van der Waals surface area contributed by atoms with E-state index in [9.17, 15) is 4.79 Å². The highest BCUT2D eigenvalue weighted by atomic mass is 32.1. The fraction of sp³-hybridized carbons (Fsp3) is 0.200. The summed E-state index contributed by atoms with van der Waals surface area (Å²) in [6.07, 6.45) is 0.865.